The Labute approximate surface area is 144 Å². The number of H-pyrrole nitrogens is 1. The molecule has 4 nitrogen and oxygen atoms in total. The van der Waals surface area contributed by atoms with Crippen LogP contribution in [-0.4, -0.2) is 22.3 Å². The first-order chi connectivity index (χ1) is 11.2. The van der Waals surface area contributed by atoms with Gasteiger partial charge in [-0.05, 0) is 30.7 Å². The molecule has 0 saturated carbocycles. The normalized spacial score (nSPS) is 12.1. The minimum absolute atomic E-state index is 0.265. The zero-order chi connectivity index (χ0) is 16.2. The number of methoxy groups -OCH3 is 1. The van der Waals surface area contributed by atoms with E-state index in [9.17, 15) is 0 Å². The fourth-order valence-electron chi connectivity index (χ4n) is 2.24. The lowest BCUT2D eigenvalue weighted by atomic mass is 10.2. The number of nitrogens with zero attached hydrogens (tertiary/aromatic N) is 2. The van der Waals surface area contributed by atoms with Gasteiger partial charge < -0.3 is 4.74 Å². The van der Waals surface area contributed by atoms with Crippen LogP contribution in [0.1, 0.15) is 17.7 Å². The molecule has 118 valence electrons. The molecule has 0 bridgehead atoms. The zero-order valence-corrected chi connectivity index (χ0v) is 14.4. The lowest BCUT2D eigenvalue weighted by Gasteiger charge is -2.08. The summed E-state index contributed by atoms with van der Waals surface area (Å²) < 4.78 is 5.36. The van der Waals surface area contributed by atoms with Gasteiger partial charge in [-0.2, -0.15) is 0 Å². The number of thioether (sulfide) groups is 1. The third kappa shape index (κ3) is 3.68. The first-order valence-electron chi connectivity index (χ1n) is 7.15. The van der Waals surface area contributed by atoms with Crippen molar-refractivity contribution in [1.29, 1.82) is 0 Å². The number of hydrogen-bond acceptors (Lipinski definition) is 4. The lowest BCUT2D eigenvalue weighted by molar-refractivity contribution is 0.416. The number of rotatable bonds is 5. The summed E-state index contributed by atoms with van der Waals surface area (Å²) in [6.07, 6.45) is 0. The van der Waals surface area contributed by atoms with Crippen molar-refractivity contribution < 1.29 is 4.74 Å². The van der Waals surface area contributed by atoms with E-state index >= 15 is 0 Å². The standard InChI is InChI=1S/C17H16ClN3OS/c1-11(12-6-4-3-5-7-12)23-17-19-16(20-21-17)14-10-13(18)8-9-15(14)22-2/h3-11H,1-2H3,(H,19,20,21)/t11-/m1/s1. The molecule has 2 aromatic carbocycles. The van der Waals surface area contributed by atoms with Crippen molar-refractivity contribution in [3.63, 3.8) is 0 Å². The molecule has 3 rings (SSSR count). The molecular weight excluding hydrogens is 330 g/mol. The Morgan fingerprint density at radius 1 is 1.17 bits per heavy atom. The minimum Gasteiger partial charge on any atom is -0.496 e. The molecule has 3 aromatic rings. The maximum atomic E-state index is 6.07. The second kappa shape index (κ2) is 7.06. The van der Waals surface area contributed by atoms with Crippen LogP contribution in [0.3, 0.4) is 0 Å². The molecule has 0 amide bonds. The minimum atomic E-state index is 0.265. The fraction of sp³-hybridized carbons (Fsp3) is 0.176. The Hall–Kier alpha value is -1.98. The maximum absolute atomic E-state index is 6.07. The molecule has 0 aliphatic carbocycles. The summed E-state index contributed by atoms with van der Waals surface area (Å²) in [5.41, 5.74) is 2.04. The fourth-order valence-corrected chi connectivity index (χ4v) is 3.26. The average Bonchev–Trinajstić information content (AvgIpc) is 3.04. The molecular formula is C17H16ClN3OS. The molecule has 0 aliphatic rings. The van der Waals surface area contributed by atoms with E-state index in [0.717, 1.165) is 5.56 Å². The summed E-state index contributed by atoms with van der Waals surface area (Å²) in [6.45, 7) is 2.13. The highest BCUT2D eigenvalue weighted by atomic mass is 35.5. The van der Waals surface area contributed by atoms with E-state index in [2.05, 4.69) is 34.2 Å². The Morgan fingerprint density at radius 3 is 2.70 bits per heavy atom. The smallest absolute Gasteiger partial charge is 0.209 e. The first-order valence-corrected chi connectivity index (χ1v) is 8.41. The summed E-state index contributed by atoms with van der Waals surface area (Å²) in [7, 11) is 1.62. The molecule has 23 heavy (non-hydrogen) atoms. The number of ether oxygens (including phenoxy) is 1. The summed E-state index contributed by atoms with van der Waals surface area (Å²) in [4.78, 5) is 4.55. The van der Waals surface area contributed by atoms with Crippen molar-refractivity contribution in [2.45, 2.75) is 17.3 Å². The largest absolute Gasteiger partial charge is 0.496 e. The number of halogens is 1. The first kappa shape index (κ1) is 15.9. The topological polar surface area (TPSA) is 50.8 Å². The summed E-state index contributed by atoms with van der Waals surface area (Å²) >= 11 is 7.67. The number of aromatic nitrogens is 3. The van der Waals surface area contributed by atoms with E-state index < -0.39 is 0 Å². The van der Waals surface area contributed by atoms with Gasteiger partial charge >= 0.3 is 0 Å². The van der Waals surface area contributed by atoms with Gasteiger partial charge in [-0.3, -0.25) is 5.10 Å². The Kier molecular flexibility index (Phi) is 4.88. The van der Waals surface area contributed by atoms with Gasteiger partial charge in [0.1, 0.15) is 5.75 Å². The highest BCUT2D eigenvalue weighted by molar-refractivity contribution is 7.99. The molecule has 0 saturated heterocycles. The van der Waals surface area contributed by atoms with Crippen molar-refractivity contribution in [3.05, 3.63) is 59.1 Å². The summed E-state index contributed by atoms with van der Waals surface area (Å²) in [6, 6.07) is 15.7. The third-order valence-electron chi connectivity index (χ3n) is 3.43. The van der Waals surface area contributed by atoms with Crippen LogP contribution in [-0.2, 0) is 0 Å². The predicted octanol–water partition coefficient (Wildman–Crippen LogP) is 4.99. The zero-order valence-electron chi connectivity index (χ0n) is 12.8. The van der Waals surface area contributed by atoms with Crippen molar-refractivity contribution in [3.8, 4) is 17.1 Å². The molecule has 0 spiro atoms. The Balaban J connectivity index is 1.82. The third-order valence-corrected chi connectivity index (χ3v) is 4.69. The molecule has 1 aromatic heterocycles. The van der Waals surface area contributed by atoms with Gasteiger partial charge in [0, 0.05) is 10.3 Å². The molecule has 0 radical (unpaired) electrons. The van der Waals surface area contributed by atoms with E-state index in [4.69, 9.17) is 16.3 Å². The van der Waals surface area contributed by atoms with Crippen molar-refractivity contribution in [2.75, 3.05) is 7.11 Å². The predicted molar refractivity (Wildman–Crippen MR) is 94.1 cm³/mol. The van der Waals surface area contributed by atoms with Gasteiger partial charge in [-0.15, -0.1) is 5.10 Å². The highest BCUT2D eigenvalue weighted by Crippen LogP contribution is 2.35. The van der Waals surface area contributed by atoms with E-state index in [-0.39, 0.29) is 5.25 Å². The molecule has 0 unspecified atom stereocenters. The van der Waals surface area contributed by atoms with Crippen molar-refractivity contribution in [2.24, 2.45) is 0 Å². The average molecular weight is 346 g/mol. The van der Waals surface area contributed by atoms with E-state index in [1.165, 1.54) is 5.56 Å². The van der Waals surface area contributed by atoms with Crippen LogP contribution >= 0.6 is 23.4 Å². The number of benzene rings is 2. The second-order valence-electron chi connectivity index (χ2n) is 4.98. The van der Waals surface area contributed by atoms with Crippen LogP contribution in [0.5, 0.6) is 5.75 Å². The number of aromatic amines is 1. The van der Waals surface area contributed by atoms with E-state index in [1.807, 2.05) is 30.3 Å². The monoisotopic (exact) mass is 345 g/mol. The number of nitrogens with one attached hydrogen (secondary N) is 1. The van der Waals surface area contributed by atoms with Crippen LogP contribution in [0, 0.1) is 0 Å². The molecule has 0 aliphatic heterocycles. The SMILES string of the molecule is COc1ccc(Cl)cc1-c1nc(S[C@H](C)c2ccccc2)n[nH]1. The van der Waals surface area contributed by atoms with Crippen LogP contribution in [0.25, 0.3) is 11.4 Å². The van der Waals surface area contributed by atoms with Crippen molar-refractivity contribution in [1.82, 2.24) is 15.2 Å². The van der Waals surface area contributed by atoms with Gasteiger partial charge in [-0.1, -0.05) is 53.7 Å². The molecule has 1 N–H and O–H groups in total. The van der Waals surface area contributed by atoms with Crippen LogP contribution in [0.4, 0.5) is 0 Å². The van der Waals surface area contributed by atoms with Crippen LogP contribution in [0.15, 0.2) is 53.7 Å². The van der Waals surface area contributed by atoms with Gasteiger partial charge in [-0.25, -0.2) is 4.98 Å². The summed E-state index contributed by atoms with van der Waals surface area (Å²) in [5.74, 6) is 1.35. The van der Waals surface area contributed by atoms with E-state index in [1.54, 1.807) is 24.9 Å². The van der Waals surface area contributed by atoms with Crippen LogP contribution < -0.4 is 4.74 Å². The molecule has 1 atom stereocenters. The van der Waals surface area contributed by atoms with Gasteiger partial charge in [0.2, 0.25) is 5.16 Å². The van der Waals surface area contributed by atoms with E-state index in [0.29, 0.717) is 21.8 Å². The molecule has 1 heterocycles. The van der Waals surface area contributed by atoms with Gasteiger partial charge in [0.05, 0.1) is 12.7 Å². The Morgan fingerprint density at radius 2 is 1.96 bits per heavy atom. The van der Waals surface area contributed by atoms with Crippen molar-refractivity contribution >= 4 is 23.4 Å². The summed E-state index contributed by atoms with van der Waals surface area (Å²) in [5, 5.41) is 8.84. The van der Waals surface area contributed by atoms with Crippen LogP contribution in [0.2, 0.25) is 5.02 Å². The maximum Gasteiger partial charge on any atom is 0.209 e. The quantitative estimate of drug-likeness (QED) is 0.662. The molecule has 0 fully saturated rings. The van der Waals surface area contributed by atoms with Gasteiger partial charge in [0.25, 0.3) is 0 Å². The van der Waals surface area contributed by atoms with Gasteiger partial charge in [0.15, 0.2) is 5.82 Å². The lowest BCUT2D eigenvalue weighted by Crippen LogP contribution is -1.90. The second-order valence-corrected chi connectivity index (χ2v) is 6.73. The number of hydrogen-bond donors (Lipinski definition) is 1. The molecule has 6 heteroatoms. The highest BCUT2D eigenvalue weighted by Gasteiger charge is 2.14. The Bertz CT molecular complexity index is 792.